The van der Waals surface area contributed by atoms with Crippen LogP contribution < -0.4 is 11.5 Å². The van der Waals surface area contributed by atoms with Crippen molar-refractivity contribution in [1.29, 1.82) is 0 Å². The molecule has 0 bridgehead atoms. The summed E-state index contributed by atoms with van der Waals surface area (Å²) in [6, 6.07) is -0.784. The number of nitrogens with zero attached hydrogens (tertiary/aromatic N) is 1. The van der Waals surface area contributed by atoms with Gasteiger partial charge in [-0.1, -0.05) is 19.1 Å². The molecule has 0 rings (SSSR count). The standard InChI is InChI=1S/C10H19N3O2.CH4/c1-7(6-13-8(2)11)4-3-5-9(12)10(14)15;/h4,9H,3,5-6,12H2,1-2H3,(H2,11,13)(H,14,15);1H4/b7-4+;. The molecule has 94 valence electrons. The minimum Gasteiger partial charge on any atom is -0.480 e. The van der Waals surface area contributed by atoms with Gasteiger partial charge in [-0.05, 0) is 26.7 Å². The highest BCUT2D eigenvalue weighted by Gasteiger charge is 2.09. The van der Waals surface area contributed by atoms with E-state index in [1.807, 2.05) is 13.0 Å². The summed E-state index contributed by atoms with van der Waals surface area (Å²) in [5.74, 6) is -0.415. The number of carboxylic acids is 1. The van der Waals surface area contributed by atoms with Crippen LogP contribution >= 0.6 is 0 Å². The first-order valence-electron chi connectivity index (χ1n) is 4.84. The van der Waals surface area contributed by atoms with Crippen molar-refractivity contribution >= 4 is 11.8 Å². The Kier molecular flexibility index (Phi) is 9.49. The van der Waals surface area contributed by atoms with E-state index in [0.29, 0.717) is 25.2 Å². The molecule has 0 aromatic heterocycles. The minimum atomic E-state index is -0.961. The van der Waals surface area contributed by atoms with Crippen LogP contribution in [0.4, 0.5) is 0 Å². The maximum absolute atomic E-state index is 10.4. The normalized spacial score (nSPS) is 14.2. The molecule has 0 aromatic rings. The highest BCUT2D eigenvalue weighted by atomic mass is 16.4. The van der Waals surface area contributed by atoms with Crippen LogP contribution in [0.5, 0.6) is 0 Å². The Balaban J connectivity index is 0. The van der Waals surface area contributed by atoms with Crippen LogP contribution in [0.1, 0.15) is 34.1 Å². The summed E-state index contributed by atoms with van der Waals surface area (Å²) in [4.78, 5) is 14.4. The first kappa shape index (κ1) is 17.0. The minimum absolute atomic E-state index is 0. The summed E-state index contributed by atoms with van der Waals surface area (Å²) in [6.07, 6.45) is 3.03. The summed E-state index contributed by atoms with van der Waals surface area (Å²) in [7, 11) is 0. The van der Waals surface area contributed by atoms with Gasteiger partial charge < -0.3 is 16.6 Å². The van der Waals surface area contributed by atoms with Gasteiger partial charge >= 0.3 is 5.97 Å². The summed E-state index contributed by atoms with van der Waals surface area (Å²) >= 11 is 0. The molecule has 0 saturated carbocycles. The van der Waals surface area contributed by atoms with Crippen molar-refractivity contribution < 1.29 is 9.90 Å². The van der Waals surface area contributed by atoms with Gasteiger partial charge in [0.05, 0.1) is 12.4 Å². The molecule has 1 unspecified atom stereocenters. The number of hydrogen-bond donors (Lipinski definition) is 3. The third-order valence-electron chi connectivity index (χ3n) is 1.87. The maximum Gasteiger partial charge on any atom is 0.320 e. The van der Waals surface area contributed by atoms with E-state index in [0.717, 1.165) is 5.57 Å². The molecule has 1 atom stereocenters. The van der Waals surface area contributed by atoms with Gasteiger partial charge in [0.1, 0.15) is 6.04 Å². The molecule has 0 heterocycles. The Hall–Kier alpha value is -1.36. The van der Waals surface area contributed by atoms with Crippen LogP contribution in [0.2, 0.25) is 0 Å². The van der Waals surface area contributed by atoms with Crippen molar-refractivity contribution in [2.45, 2.75) is 40.2 Å². The topological polar surface area (TPSA) is 102 Å². The van der Waals surface area contributed by atoms with E-state index in [4.69, 9.17) is 16.6 Å². The first-order chi connectivity index (χ1) is 6.93. The van der Waals surface area contributed by atoms with Gasteiger partial charge in [0.2, 0.25) is 0 Å². The number of rotatable bonds is 6. The fourth-order valence-corrected chi connectivity index (χ4v) is 0.947. The highest BCUT2D eigenvalue weighted by Crippen LogP contribution is 2.01. The van der Waals surface area contributed by atoms with Crippen LogP contribution in [-0.4, -0.2) is 29.5 Å². The number of carboxylic acid groups (broad SMARTS) is 1. The van der Waals surface area contributed by atoms with Crippen molar-refractivity contribution in [3.05, 3.63) is 11.6 Å². The highest BCUT2D eigenvalue weighted by molar-refractivity contribution is 5.77. The van der Waals surface area contributed by atoms with Crippen molar-refractivity contribution in [1.82, 2.24) is 0 Å². The summed E-state index contributed by atoms with van der Waals surface area (Å²) < 4.78 is 0. The fraction of sp³-hybridized carbons (Fsp3) is 0.636. The Bertz CT molecular complexity index is 268. The second-order valence-corrected chi connectivity index (χ2v) is 3.53. The predicted octanol–water partition coefficient (Wildman–Crippen LogP) is 1.14. The molecule has 0 saturated heterocycles. The van der Waals surface area contributed by atoms with Crippen LogP contribution in [0.15, 0.2) is 16.6 Å². The summed E-state index contributed by atoms with van der Waals surface area (Å²) in [5, 5.41) is 8.54. The van der Waals surface area contributed by atoms with E-state index in [1.54, 1.807) is 6.92 Å². The van der Waals surface area contributed by atoms with E-state index in [9.17, 15) is 4.79 Å². The number of amidine groups is 1. The molecule has 0 spiro atoms. The van der Waals surface area contributed by atoms with Crippen molar-refractivity contribution in [2.24, 2.45) is 16.5 Å². The Labute approximate surface area is 97.2 Å². The predicted molar refractivity (Wildman–Crippen MR) is 67.5 cm³/mol. The van der Waals surface area contributed by atoms with Crippen LogP contribution in [0.25, 0.3) is 0 Å². The lowest BCUT2D eigenvalue weighted by atomic mass is 10.1. The maximum atomic E-state index is 10.4. The largest absolute Gasteiger partial charge is 0.480 e. The van der Waals surface area contributed by atoms with Gasteiger partial charge in [-0.2, -0.15) is 0 Å². The summed E-state index contributed by atoms with van der Waals surface area (Å²) in [5.41, 5.74) is 11.8. The van der Waals surface area contributed by atoms with Gasteiger partial charge in [-0.3, -0.25) is 9.79 Å². The van der Waals surface area contributed by atoms with Crippen molar-refractivity contribution in [2.75, 3.05) is 6.54 Å². The second-order valence-electron chi connectivity index (χ2n) is 3.53. The lowest BCUT2D eigenvalue weighted by Crippen LogP contribution is -2.29. The van der Waals surface area contributed by atoms with E-state index in [2.05, 4.69) is 4.99 Å². The molecule has 5 heteroatoms. The average molecular weight is 229 g/mol. The molecule has 0 aromatic carbocycles. The van der Waals surface area contributed by atoms with E-state index >= 15 is 0 Å². The van der Waals surface area contributed by atoms with E-state index in [-0.39, 0.29) is 7.43 Å². The van der Waals surface area contributed by atoms with E-state index < -0.39 is 12.0 Å². The van der Waals surface area contributed by atoms with Gasteiger partial charge in [0.15, 0.2) is 0 Å². The molecule has 0 aliphatic rings. The van der Waals surface area contributed by atoms with Crippen molar-refractivity contribution in [3.8, 4) is 0 Å². The monoisotopic (exact) mass is 229 g/mol. The molecule has 0 aliphatic carbocycles. The zero-order chi connectivity index (χ0) is 11.8. The number of aliphatic carboxylic acids is 1. The second kappa shape index (κ2) is 8.91. The molecule has 16 heavy (non-hydrogen) atoms. The Morgan fingerprint density at radius 2 is 2.06 bits per heavy atom. The molecule has 5 nitrogen and oxygen atoms in total. The zero-order valence-corrected chi connectivity index (χ0v) is 9.23. The number of nitrogens with two attached hydrogens (primary N) is 2. The Morgan fingerprint density at radius 3 is 2.50 bits per heavy atom. The number of hydrogen-bond acceptors (Lipinski definition) is 3. The Morgan fingerprint density at radius 1 is 1.50 bits per heavy atom. The van der Waals surface area contributed by atoms with Gasteiger partial charge in [-0.15, -0.1) is 0 Å². The molecule has 0 radical (unpaired) electrons. The number of aliphatic imine (C=N–C) groups is 1. The number of carbonyl (C=O) groups is 1. The quantitative estimate of drug-likeness (QED) is 0.361. The third-order valence-corrected chi connectivity index (χ3v) is 1.87. The smallest absolute Gasteiger partial charge is 0.320 e. The first-order valence-corrected chi connectivity index (χ1v) is 4.84. The molecule has 5 N–H and O–H groups in total. The van der Waals surface area contributed by atoms with Gasteiger partial charge in [0.25, 0.3) is 0 Å². The van der Waals surface area contributed by atoms with E-state index in [1.165, 1.54) is 0 Å². The van der Waals surface area contributed by atoms with Crippen molar-refractivity contribution in [3.63, 3.8) is 0 Å². The SMILES string of the molecule is C.CC(N)=NC/C(C)=C/CCC(N)C(=O)O. The number of allylic oxidation sites excluding steroid dienone is 1. The summed E-state index contributed by atoms with van der Waals surface area (Å²) in [6.45, 7) is 4.22. The fourth-order valence-electron chi connectivity index (χ4n) is 0.947. The lowest BCUT2D eigenvalue weighted by Gasteiger charge is -2.03. The lowest BCUT2D eigenvalue weighted by molar-refractivity contribution is -0.138. The molecule has 0 fully saturated rings. The van der Waals surface area contributed by atoms with Crippen LogP contribution in [0.3, 0.4) is 0 Å². The van der Waals surface area contributed by atoms with Crippen LogP contribution in [-0.2, 0) is 4.79 Å². The molecule has 0 amide bonds. The zero-order valence-electron chi connectivity index (χ0n) is 9.23. The molecular weight excluding hydrogens is 206 g/mol. The molecule has 0 aliphatic heterocycles. The van der Waals surface area contributed by atoms with Gasteiger partial charge in [0, 0.05) is 0 Å². The average Bonchev–Trinajstić information content (AvgIpc) is 2.14. The third kappa shape index (κ3) is 9.21. The van der Waals surface area contributed by atoms with Gasteiger partial charge in [-0.25, -0.2) is 0 Å². The van der Waals surface area contributed by atoms with Crippen LogP contribution in [0, 0.1) is 0 Å². The molecular formula is C11H23N3O2.